The van der Waals surface area contributed by atoms with Crippen LogP contribution in [0.1, 0.15) is 23.7 Å². The number of amides is 2. The highest BCUT2D eigenvalue weighted by Crippen LogP contribution is 2.40. The van der Waals surface area contributed by atoms with Crippen LogP contribution in [-0.2, 0) is 6.54 Å². The van der Waals surface area contributed by atoms with Gasteiger partial charge in [-0.2, -0.15) is 0 Å². The predicted molar refractivity (Wildman–Crippen MR) is 85.9 cm³/mol. The Morgan fingerprint density at radius 1 is 1.13 bits per heavy atom. The number of nitrogens with one attached hydrogen (secondary N) is 2. The van der Waals surface area contributed by atoms with Crippen molar-refractivity contribution >= 4 is 11.7 Å². The molecule has 23 heavy (non-hydrogen) atoms. The standard InChI is InChI=1S/C17H17N5O/c23-17(19-14-10-13(14)12-6-2-1-3-7-12)18-11-16-21-20-15-8-4-5-9-22(15)16/h1-9,13-14H,10-11H2,(H2,18,19,23). The van der Waals surface area contributed by atoms with Crippen molar-refractivity contribution in [1.82, 2.24) is 25.2 Å². The summed E-state index contributed by atoms with van der Waals surface area (Å²) in [6.45, 7) is 0.347. The summed E-state index contributed by atoms with van der Waals surface area (Å²) in [5.74, 6) is 1.14. The Kier molecular flexibility index (Phi) is 3.42. The SMILES string of the molecule is O=C(NCc1nnc2ccccn12)NC1CC1c1ccccc1. The van der Waals surface area contributed by atoms with Gasteiger partial charge in [-0.15, -0.1) is 10.2 Å². The third-order valence-electron chi connectivity index (χ3n) is 4.13. The van der Waals surface area contributed by atoms with E-state index in [1.807, 2.05) is 47.0 Å². The van der Waals surface area contributed by atoms with E-state index in [1.54, 1.807) is 0 Å². The molecule has 2 aromatic heterocycles. The molecule has 1 saturated carbocycles. The minimum absolute atomic E-state index is 0.166. The molecule has 2 heterocycles. The van der Waals surface area contributed by atoms with Gasteiger partial charge in [-0.3, -0.25) is 4.40 Å². The molecule has 6 nitrogen and oxygen atoms in total. The molecule has 0 radical (unpaired) electrons. The van der Waals surface area contributed by atoms with Crippen molar-refractivity contribution in [2.45, 2.75) is 24.9 Å². The van der Waals surface area contributed by atoms with E-state index in [1.165, 1.54) is 5.56 Å². The molecule has 1 aliphatic rings. The molecule has 1 aromatic carbocycles. The fraction of sp³-hybridized carbons (Fsp3) is 0.235. The average molecular weight is 307 g/mol. The number of pyridine rings is 1. The smallest absolute Gasteiger partial charge is 0.315 e. The van der Waals surface area contributed by atoms with Gasteiger partial charge in [0, 0.05) is 18.2 Å². The molecular formula is C17H17N5O. The van der Waals surface area contributed by atoms with Gasteiger partial charge in [0.1, 0.15) is 0 Å². The second-order valence-corrected chi connectivity index (χ2v) is 5.73. The van der Waals surface area contributed by atoms with Crippen LogP contribution in [0, 0.1) is 0 Å². The van der Waals surface area contributed by atoms with Crippen LogP contribution in [0.3, 0.4) is 0 Å². The number of urea groups is 1. The number of aromatic nitrogens is 3. The van der Waals surface area contributed by atoms with Crippen LogP contribution < -0.4 is 10.6 Å². The Hall–Kier alpha value is -2.89. The molecule has 0 spiro atoms. The number of carbonyl (C=O) groups is 1. The summed E-state index contributed by atoms with van der Waals surface area (Å²) in [6.07, 6.45) is 2.88. The maximum atomic E-state index is 12.0. The zero-order valence-corrected chi connectivity index (χ0v) is 12.5. The van der Waals surface area contributed by atoms with Crippen LogP contribution in [0.4, 0.5) is 4.79 Å². The van der Waals surface area contributed by atoms with Crippen molar-refractivity contribution in [2.75, 3.05) is 0 Å². The number of benzene rings is 1. The minimum Gasteiger partial charge on any atom is -0.335 e. The molecule has 6 heteroatoms. The largest absolute Gasteiger partial charge is 0.335 e. The lowest BCUT2D eigenvalue weighted by Crippen LogP contribution is -2.37. The van der Waals surface area contributed by atoms with Gasteiger partial charge in [-0.05, 0) is 24.1 Å². The first kappa shape index (κ1) is 13.8. The zero-order valence-electron chi connectivity index (χ0n) is 12.5. The first-order valence-corrected chi connectivity index (χ1v) is 7.69. The molecule has 0 aliphatic heterocycles. The maximum absolute atomic E-state index is 12.0. The quantitative estimate of drug-likeness (QED) is 0.775. The number of hydrogen-bond donors (Lipinski definition) is 2. The first-order chi connectivity index (χ1) is 11.3. The van der Waals surface area contributed by atoms with Crippen LogP contribution >= 0.6 is 0 Å². The Bertz CT molecular complexity index is 829. The van der Waals surface area contributed by atoms with Gasteiger partial charge >= 0.3 is 6.03 Å². The zero-order chi connectivity index (χ0) is 15.6. The normalized spacial score (nSPS) is 19.5. The summed E-state index contributed by atoms with van der Waals surface area (Å²) in [5, 5.41) is 14.0. The van der Waals surface area contributed by atoms with Gasteiger partial charge in [0.15, 0.2) is 11.5 Å². The molecule has 1 aliphatic carbocycles. The van der Waals surface area contributed by atoms with E-state index in [0.717, 1.165) is 12.1 Å². The van der Waals surface area contributed by atoms with Crippen molar-refractivity contribution in [2.24, 2.45) is 0 Å². The summed E-state index contributed by atoms with van der Waals surface area (Å²) in [5.41, 5.74) is 2.05. The third kappa shape index (κ3) is 2.88. The van der Waals surface area contributed by atoms with Crippen molar-refractivity contribution in [3.63, 3.8) is 0 Å². The van der Waals surface area contributed by atoms with E-state index in [4.69, 9.17) is 0 Å². The molecule has 2 atom stereocenters. The van der Waals surface area contributed by atoms with E-state index >= 15 is 0 Å². The van der Waals surface area contributed by atoms with Gasteiger partial charge in [-0.25, -0.2) is 4.79 Å². The van der Waals surface area contributed by atoms with E-state index in [0.29, 0.717) is 18.3 Å². The lowest BCUT2D eigenvalue weighted by molar-refractivity contribution is 0.239. The summed E-state index contributed by atoms with van der Waals surface area (Å²) < 4.78 is 1.87. The van der Waals surface area contributed by atoms with E-state index in [9.17, 15) is 4.79 Å². The number of fused-ring (bicyclic) bond motifs is 1. The summed E-state index contributed by atoms with van der Waals surface area (Å²) in [7, 11) is 0. The lowest BCUT2D eigenvalue weighted by Gasteiger charge is -2.06. The van der Waals surface area contributed by atoms with Crippen LogP contribution in [-0.4, -0.2) is 26.7 Å². The molecular weight excluding hydrogens is 290 g/mol. The highest BCUT2D eigenvalue weighted by atomic mass is 16.2. The van der Waals surface area contributed by atoms with E-state index in [2.05, 4.69) is 33.0 Å². The monoisotopic (exact) mass is 307 g/mol. The van der Waals surface area contributed by atoms with Crippen LogP contribution in [0.5, 0.6) is 0 Å². The van der Waals surface area contributed by atoms with Gasteiger partial charge in [0.25, 0.3) is 0 Å². The second kappa shape index (κ2) is 5.72. The summed E-state index contributed by atoms with van der Waals surface area (Å²) in [6, 6.07) is 16.0. The Labute approximate surface area is 133 Å². The first-order valence-electron chi connectivity index (χ1n) is 7.69. The topological polar surface area (TPSA) is 71.3 Å². The van der Waals surface area contributed by atoms with Crippen molar-refractivity contribution < 1.29 is 4.79 Å². The lowest BCUT2D eigenvalue weighted by atomic mass is 10.1. The number of nitrogens with zero attached hydrogens (tertiary/aromatic N) is 3. The van der Waals surface area contributed by atoms with E-state index < -0.39 is 0 Å². The third-order valence-corrected chi connectivity index (χ3v) is 4.13. The van der Waals surface area contributed by atoms with Gasteiger partial charge in [-0.1, -0.05) is 36.4 Å². The van der Waals surface area contributed by atoms with Crippen LogP contribution in [0.2, 0.25) is 0 Å². The fourth-order valence-electron chi connectivity index (χ4n) is 2.81. The highest BCUT2D eigenvalue weighted by Gasteiger charge is 2.39. The molecule has 0 bridgehead atoms. The van der Waals surface area contributed by atoms with Gasteiger partial charge in [0.2, 0.25) is 0 Å². The Balaban J connectivity index is 1.31. The molecule has 116 valence electrons. The molecule has 3 aromatic rings. The molecule has 4 rings (SSSR count). The van der Waals surface area contributed by atoms with Crippen LogP contribution in [0.25, 0.3) is 5.65 Å². The second-order valence-electron chi connectivity index (χ2n) is 5.73. The van der Waals surface area contributed by atoms with Gasteiger partial charge < -0.3 is 10.6 Å². The fourth-order valence-corrected chi connectivity index (χ4v) is 2.81. The van der Waals surface area contributed by atoms with Crippen molar-refractivity contribution in [3.8, 4) is 0 Å². The molecule has 2 N–H and O–H groups in total. The summed E-state index contributed by atoms with van der Waals surface area (Å²) >= 11 is 0. The highest BCUT2D eigenvalue weighted by molar-refractivity contribution is 5.74. The molecule has 1 fully saturated rings. The minimum atomic E-state index is -0.166. The Morgan fingerprint density at radius 3 is 2.83 bits per heavy atom. The molecule has 2 unspecified atom stereocenters. The average Bonchev–Trinajstić information content (AvgIpc) is 3.23. The predicted octanol–water partition coefficient (Wildman–Crippen LogP) is 2.08. The van der Waals surface area contributed by atoms with Crippen LogP contribution in [0.15, 0.2) is 54.7 Å². The maximum Gasteiger partial charge on any atom is 0.315 e. The van der Waals surface area contributed by atoms with E-state index in [-0.39, 0.29) is 12.1 Å². The Morgan fingerprint density at radius 2 is 1.96 bits per heavy atom. The van der Waals surface area contributed by atoms with Crippen molar-refractivity contribution in [3.05, 3.63) is 66.1 Å². The molecule has 2 amide bonds. The molecule has 0 saturated heterocycles. The van der Waals surface area contributed by atoms with Crippen molar-refractivity contribution in [1.29, 1.82) is 0 Å². The number of carbonyl (C=O) groups excluding carboxylic acids is 1. The summed E-state index contributed by atoms with van der Waals surface area (Å²) in [4.78, 5) is 12.0. The number of rotatable bonds is 4. The number of hydrogen-bond acceptors (Lipinski definition) is 3. The van der Waals surface area contributed by atoms with Gasteiger partial charge in [0.05, 0.1) is 6.54 Å².